The molecule has 1 fully saturated rings. The molecule has 0 unspecified atom stereocenters. The van der Waals surface area contributed by atoms with Gasteiger partial charge in [0.15, 0.2) is 0 Å². The number of aromatic amines is 1. The van der Waals surface area contributed by atoms with Gasteiger partial charge in [-0.1, -0.05) is 17.7 Å². The molecule has 190 valence electrons. The molecule has 2 N–H and O–H groups in total. The molecule has 0 saturated carbocycles. The van der Waals surface area contributed by atoms with Crippen LogP contribution in [0.25, 0.3) is 11.0 Å². The number of piperazine rings is 1. The molecule has 0 radical (unpaired) electrons. The molecule has 4 aromatic rings. The Bertz CT molecular complexity index is 1440. The number of aromatic nitrogens is 3. The largest absolute Gasteiger partial charge is 0.368 e. The van der Waals surface area contributed by atoms with Crippen molar-refractivity contribution < 1.29 is 18.4 Å². The van der Waals surface area contributed by atoms with Gasteiger partial charge in [-0.25, -0.2) is 13.8 Å². The number of pyridine rings is 2. The molecule has 1 aliphatic heterocycles. The van der Waals surface area contributed by atoms with E-state index < -0.39 is 23.6 Å². The fourth-order valence-corrected chi connectivity index (χ4v) is 4.58. The fraction of sp³-hybridized carbons (Fsp3) is 0.231. The van der Waals surface area contributed by atoms with E-state index in [2.05, 4.69) is 25.2 Å². The fourth-order valence-electron chi connectivity index (χ4n) is 4.41. The Kier molecular flexibility index (Phi) is 7.00. The molecule has 0 aliphatic carbocycles. The lowest BCUT2D eigenvalue weighted by molar-refractivity contribution is -0.133. The van der Waals surface area contributed by atoms with Gasteiger partial charge in [0, 0.05) is 68.3 Å². The Balaban J connectivity index is 1.35. The normalized spacial score (nSPS) is 14.6. The number of carbonyl (C=O) groups excluding carboxylic acids is 2. The van der Waals surface area contributed by atoms with Crippen molar-refractivity contribution in [1.82, 2.24) is 25.2 Å². The number of carbonyl (C=O) groups is 2. The van der Waals surface area contributed by atoms with Crippen molar-refractivity contribution >= 4 is 40.1 Å². The lowest BCUT2D eigenvalue weighted by Gasteiger charge is -2.37. The van der Waals surface area contributed by atoms with Crippen LogP contribution in [0.1, 0.15) is 16.1 Å². The number of benzene rings is 1. The lowest BCUT2D eigenvalue weighted by Crippen LogP contribution is -2.55. The van der Waals surface area contributed by atoms with E-state index in [-0.39, 0.29) is 23.6 Å². The summed E-state index contributed by atoms with van der Waals surface area (Å²) < 4.78 is 27.9. The van der Waals surface area contributed by atoms with Crippen LogP contribution in [0.2, 0.25) is 5.02 Å². The number of fused-ring (bicyclic) bond motifs is 1. The Hall–Kier alpha value is -4.05. The summed E-state index contributed by atoms with van der Waals surface area (Å²) in [5, 5.41) is 3.79. The highest BCUT2D eigenvalue weighted by Crippen LogP contribution is 2.20. The summed E-state index contributed by atoms with van der Waals surface area (Å²) in [5.74, 6) is -2.39. The van der Waals surface area contributed by atoms with E-state index >= 15 is 0 Å². The van der Waals surface area contributed by atoms with Crippen LogP contribution in [-0.4, -0.2) is 63.9 Å². The quantitative estimate of drug-likeness (QED) is 0.402. The van der Waals surface area contributed by atoms with Crippen molar-refractivity contribution in [3.63, 3.8) is 0 Å². The van der Waals surface area contributed by atoms with Crippen LogP contribution in [-0.2, 0) is 11.2 Å². The van der Waals surface area contributed by atoms with Crippen molar-refractivity contribution in [2.24, 2.45) is 0 Å². The molecule has 1 aliphatic rings. The zero-order chi connectivity index (χ0) is 25.9. The molecule has 2 amide bonds. The van der Waals surface area contributed by atoms with Crippen molar-refractivity contribution in [2.45, 2.75) is 12.5 Å². The van der Waals surface area contributed by atoms with Crippen LogP contribution in [0.3, 0.4) is 0 Å². The molecule has 11 heteroatoms. The highest BCUT2D eigenvalue weighted by molar-refractivity contribution is 6.31. The summed E-state index contributed by atoms with van der Waals surface area (Å²) in [6.45, 7) is 2.04. The summed E-state index contributed by atoms with van der Waals surface area (Å²) >= 11 is 5.99. The van der Waals surface area contributed by atoms with Gasteiger partial charge in [0.05, 0.1) is 5.02 Å². The third-order valence-electron chi connectivity index (χ3n) is 6.34. The van der Waals surface area contributed by atoms with Gasteiger partial charge in [-0.2, -0.15) is 0 Å². The molecule has 37 heavy (non-hydrogen) atoms. The highest BCUT2D eigenvalue weighted by Gasteiger charge is 2.30. The van der Waals surface area contributed by atoms with Crippen LogP contribution in [0, 0.1) is 11.6 Å². The van der Waals surface area contributed by atoms with Gasteiger partial charge in [-0.3, -0.25) is 14.6 Å². The average molecular weight is 525 g/mol. The second-order valence-electron chi connectivity index (χ2n) is 8.76. The first kappa shape index (κ1) is 24.6. The topological polar surface area (TPSA) is 94.2 Å². The summed E-state index contributed by atoms with van der Waals surface area (Å²) in [6.07, 6.45) is 4.75. The number of amides is 2. The molecule has 1 saturated heterocycles. The maximum atomic E-state index is 14.5. The minimum Gasteiger partial charge on any atom is -0.368 e. The average Bonchev–Trinajstić information content (AvgIpc) is 3.33. The van der Waals surface area contributed by atoms with Gasteiger partial charge in [-0.15, -0.1) is 0 Å². The van der Waals surface area contributed by atoms with Crippen LogP contribution in [0.5, 0.6) is 0 Å². The number of hydrogen-bond donors (Lipinski definition) is 2. The molecule has 1 aromatic carbocycles. The molecular formula is C26H23ClF2N6O2. The van der Waals surface area contributed by atoms with E-state index in [1.165, 1.54) is 12.3 Å². The third kappa shape index (κ3) is 5.54. The molecule has 1 atom stereocenters. The van der Waals surface area contributed by atoms with E-state index in [9.17, 15) is 18.4 Å². The van der Waals surface area contributed by atoms with Crippen molar-refractivity contribution in [2.75, 3.05) is 31.1 Å². The van der Waals surface area contributed by atoms with Gasteiger partial charge < -0.3 is 20.1 Å². The van der Waals surface area contributed by atoms with Crippen LogP contribution in [0.15, 0.2) is 61.1 Å². The van der Waals surface area contributed by atoms with E-state index in [1.807, 2.05) is 12.1 Å². The van der Waals surface area contributed by atoms with Crippen LogP contribution < -0.4 is 10.2 Å². The number of H-pyrrole nitrogens is 1. The predicted molar refractivity (Wildman–Crippen MR) is 135 cm³/mol. The molecule has 0 spiro atoms. The first-order valence-corrected chi connectivity index (χ1v) is 12.1. The van der Waals surface area contributed by atoms with E-state index in [4.69, 9.17) is 11.6 Å². The smallest absolute Gasteiger partial charge is 0.268 e. The summed E-state index contributed by atoms with van der Waals surface area (Å²) in [5.41, 5.74) is 1.78. The second-order valence-corrected chi connectivity index (χ2v) is 9.19. The Labute approximate surface area is 216 Å². The van der Waals surface area contributed by atoms with E-state index in [0.717, 1.165) is 17.8 Å². The predicted octanol–water partition coefficient (Wildman–Crippen LogP) is 3.58. The molecule has 5 rings (SSSR count). The summed E-state index contributed by atoms with van der Waals surface area (Å²) in [4.78, 5) is 41.6. The van der Waals surface area contributed by atoms with Crippen molar-refractivity contribution in [3.8, 4) is 0 Å². The summed E-state index contributed by atoms with van der Waals surface area (Å²) in [6, 6.07) is 9.16. The minimum atomic E-state index is -1.07. The third-order valence-corrected chi connectivity index (χ3v) is 6.55. The lowest BCUT2D eigenvalue weighted by atomic mass is 10.0. The maximum absolute atomic E-state index is 14.5. The van der Waals surface area contributed by atoms with Gasteiger partial charge in [-0.05, 0) is 35.9 Å². The molecule has 4 heterocycles. The van der Waals surface area contributed by atoms with Gasteiger partial charge in [0.1, 0.15) is 29.0 Å². The van der Waals surface area contributed by atoms with E-state index in [1.54, 1.807) is 29.4 Å². The van der Waals surface area contributed by atoms with Crippen molar-refractivity contribution in [1.29, 1.82) is 0 Å². The zero-order valence-electron chi connectivity index (χ0n) is 19.6. The number of hydrogen-bond acceptors (Lipinski definition) is 5. The number of nitrogens with zero attached hydrogens (tertiary/aromatic N) is 4. The minimum absolute atomic E-state index is 0.126. The summed E-state index contributed by atoms with van der Waals surface area (Å²) in [7, 11) is 0. The molecule has 3 aromatic heterocycles. The Morgan fingerprint density at radius 2 is 1.81 bits per heavy atom. The highest BCUT2D eigenvalue weighted by atomic mass is 35.5. The SMILES string of the molecule is O=C(N[C@@H](Cc1ccc(F)cc1F)C(=O)N1CCN(c2ccncc2)CC1)c1cc2cc(Cl)cnc2[nH]1. The monoisotopic (exact) mass is 524 g/mol. The Morgan fingerprint density at radius 1 is 1.05 bits per heavy atom. The molecular weight excluding hydrogens is 502 g/mol. The van der Waals surface area contributed by atoms with Crippen LogP contribution >= 0.6 is 11.6 Å². The van der Waals surface area contributed by atoms with Crippen molar-refractivity contribution in [3.05, 3.63) is 89.0 Å². The second kappa shape index (κ2) is 10.5. The molecule has 0 bridgehead atoms. The standard InChI is InChI=1S/C26H23ClF2N6O2/c27-18-11-17-13-22(32-24(17)31-15-18)25(36)33-23(12-16-1-2-19(28)14-21(16)29)26(37)35-9-7-34(8-10-35)20-3-5-30-6-4-20/h1-6,11,13-15,23H,7-10,12H2,(H,31,32)(H,33,36)/t23-/m0/s1. The Morgan fingerprint density at radius 3 is 2.54 bits per heavy atom. The number of anilines is 1. The number of halogens is 3. The van der Waals surface area contributed by atoms with Crippen LogP contribution in [0.4, 0.5) is 14.5 Å². The van der Waals surface area contributed by atoms with Gasteiger partial charge >= 0.3 is 0 Å². The first-order valence-electron chi connectivity index (χ1n) is 11.7. The van der Waals surface area contributed by atoms with Gasteiger partial charge in [0.25, 0.3) is 5.91 Å². The first-order chi connectivity index (χ1) is 17.9. The van der Waals surface area contributed by atoms with E-state index in [0.29, 0.717) is 42.2 Å². The van der Waals surface area contributed by atoms with Gasteiger partial charge in [0.2, 0.25) is 5.91 Å². The zero-order valence-corrected chi connectivity index (χ0v) is 20.4. The molecule has 8 nitrogen and oxygen atoms in total. The number of rotatable bonds is 6. The maximum Gasteiger partial charge on any atom is 0.268 e. The number of nitrogens with one attached hydrogen (secondary N) is 2.